The molecule has 0 spiro atoms. The van der Waals surface area contributed by atoms with Crippen molar-refractivity contribution in [1.82, 2.24) is 4.90 Å². The maximum absolute atomic E-state index is 13.0. The average Bonchev–Trinajstić information content (AvgIpc) is 3.00. The lowest BCUT2D eigenvalue weighted by atomic mass is 10.0. The molecule has 25 heavy (non-hydrogen) atoms. The Morgan fingerprint density at radius 1 is 1.00 bits per heavy atom. The van der Waals surface area contributed by atoms with Crippen LogP contribution in [-0.2, 0) is 0 Å². The number of hydrogen-bond donors (Lipinski definition) is 0. The maximum Gasteiger partial charge on any atom is 0.254 e. The lowest BCUT2D eigenvalue weighted by molar-refractivity contribution is 0.0735. The summed E-state index contributed by atoms with van der Waals surface area (Å²) in [7, 11) is 0. The molecule has 2 aromatic carbocycles. The molecule has 0 aliphatic carbocycles. The molecule has 0 bridgehead atoms. The topological polar surface area (TPSA) is 38.8 Å². The van der Waals surface area contributed by atoms with Crippen LogP contribution in [0.1, 0.15) is 46.8 Å². The Labute approximate surface area is 148 Å². The van der Waals surface area contributed by atoms with E-state index >= 15 is 0 Å². The molecule has 4 heteroatoms. The van der Waals surface area contributed by atoms with Crippen molar-refractivity contribution in [3.63, 3.8) is 0 Å². The minimum Gasteiger partial charge on any atom is -0.490 e. The van der Waals surface area contributed by atoms with Crippen LogP contribution in [0, 0.1) is 6.92 Å². The van der Waals surface area contributed by atoms with E-state index in [0.717, 1.165) is 54.0 Å². The fourth-order valence-corrected chi connectivity index (χ4v) is 3.61. The van der Waals surface area contributed by atoms with Crippen LogP contribution in [0.5, 0.6) is 11.5 Å². The van der Waals surface area contributed by atoms with Gasteiger partial charge in [-0.25, -0.2) is 0 Å². The zero-order chi connectivity index (χ0) is 17.2. The Morgan fingerprint density at radius 2 is 1.76 bits per heavy atom. The molecule has 4 rings (SSSR count). The van der Waals surface area contributed by atoms with Crippen LogP contribution in [-0.4, -0.2) is 30.6 Å². The van der Waals surface area contributed by atoms with Gasteiger partial charge in [0.2, 0.25) is 0 Å². The number of amides is 1. The summed E-state index contributed by atoms with van der Waals surface area (Å²) in [4.78, 5) is 14.9. The van der Waals surface area contributed by atoms with Gasteiger partial charge in [-0.05, 0) is 49.6 Å². The highest BCUT2D eigenvalue weighted by atomic mass is 16.5. The molecule has 2 aliphatic rings. The van der Waals surface area contributed by atoms with E-state index in [1.807, 2.05) is 48.2 Å². The van der Waals surface area contributed by atoms with E-state index in [-0.39, 0.29) is 11.9 Å². The van der Waals surface area contributed by atoms with Crippen molar-refractivity contribution in [3.8, 4) is 11.5 Å². The maximum atomic E-state index is 13.0. The van der Waals surface area contributed by atoms with Crippen LogP contribution < -0.4 is 9.47 Å². The number of fused-ring (bicyclic) bond motifs is 1. The van der Waals surface area contributed by atoms with Crippen molar-refractivity contribution in [3.05, 3.63) is 59.2 Å². The molecule has 1 atom stereocenters. The van der Waals surface area contributed by atoms with Crippen LogP contribution in [0.2, 0.25) is 0 Å². The van der Waals surface area contributed by atoms with E-state index in [0.29, 0.717) is 13.2 Å². The van der Waals surface area contributed by atoms with E-state index in [1.165, 1.54) is 0 Å². The first-order valence-electron chi connectivity index (χ1n) is 8.99. The van der Waals surface area contributed by atoms with E-state index in [1.54, 1.807) is 0 Å². The summed E-state index contributed by atoms with van der Waals surface area (Å²) in [6.07, 6.45) is 2.90. The van der Waals surface area contributed by atoms with Crippen molar-refractivity contribution < 1.29 is 14.3 Å². The molecule has 2 aliphatic heterocycles. The third-order valence-electron chi connectivity index (χ3n) is 4.97. The molecule has 4 nitrogen and oxygen atoms in total. The van der Waals surface area contributed by atoms with Crippen molar-refractivity contribution in [2.45, 2.75) is 32.2 Å². The predicted octanol–water partition coefficient (Wildman–Crippen LogP) is 4.13. The van der Waals surface area contributed by atoms with Gasteiger partial charge in [0.05, 0.1) is 19.3 Å². The zero-order valence-electron chi connectivity index (χ0n) is 14.5. The minimum atomic E-state index is 0.103. The average molecular weight is 337 g/mol. The number of hydrogen-bond acceptors (Lipinski definition) is 3. The number of rotatable bonds is 2. The molecule has 0 aromatic heterocycles. The largest absolute Gasteiger partial charge is 0.490 e. The number of ether oxygens (including phenoxy) is 2. The molecule has 0 radical (unpaired) electrons. The van der Waals surface area contributed by atoms with Gasteiger partial charge in [0.25, 0.3) is 5.91 Å². The van der Waals surface area contributed by atoms with Gasteiger partial charge < -0.3 is 14.4 Å². The molecular weight excluding hydrogens is 314 g/mol. The van der Waals surface area contributed by atoms with Crippen LogP contribution >= 0.6 is 0 Å². The number of likely N-dealkylation sites (tertiary alicyclic amines) is 1. The van der Waals surface area contributed by atoms with Gasteiger partial charge in [-0.2, -0.15) is 0 Å². The monoisotopic (exact) mass is 337 g/mol. The lowest BCUT2D eigenvalue weighted by Gasteiger charge is -2.26. The highest BCUT2D eigenvalue weighted by Crippen LogP contribution is 2.38. The second-order valence-corrected chi connectivity index (χ2v) is 6.78. The zero-order valence-corrected chi connectivity index (χ0v) is 14.5. The second kappa shape index (κ2) is 6.79. The third kappa shape index (κ3) is 3.21. The Kier molecular flexibility index (Phi) is 4.35. The number of carbonyl (C=O) groups is 1. The van der Waals surface area contributed by atoms with Gasteiger partial charge in [0.1, 0.15) is 0 Å². The van der Waals surface area contributed by atoms with Crippen LogP contribution in [0.25, 0.3) is 0 Å². The normalized spacial score (nSPS) is 19.6. The van der Waals surface area contributed by atoms with Crippen molar-refractivity contribution in [2.75, 3.05) is 19.8 Å². The number of nitrogens with zero attached hydrogens (tertiary/aromatic N) is 1. The quantitative estimate of drug-likeness (QED) is 0.827. The first kappa shape index (κ1) is 16.0. The molecular formula is C21H23NO3. The first-order chi connectivity index (χ1) is 12.2. The summed E-state index contributed by atoms with van der Waals surface area (Å²) in [6.45, 7) is 4.19. The third-order valence-corrected chi connectivity index (χ3v) is 4.97. The number of aryl methyl sites for hydroxylation is 1. The summed E-state index contributed by atoms with van der Waals surface area (Å²) >= 11 is 0. The SMILES string of the molecule is Cc1ccc(C(=O)N2CCC[C@H]2c2ccc3c(c2)OCCCO3)cc1. The molecule has 130 valence electrons. The predicted molar refractivity (Wildman–Crippen MR) is 96.2 cm³/mol. The van der Waals surface area contributed by atoms with Gasteiger partial charge in [0.15, 0.2) is 11.5 Å². The highest BCUT2D eigenvalue weighted by Gasteiger charge is 2.31. The summed E-state index contributed by atoms with van der Waals surface area (Å²) in [5, 5.41) is 0. The van der Waals surface area contributed by atoms with E-state index in [2.05, 4.69) is 6.07 Å². The summed E-state index contributed by atoms with van der Waals surface area (Å²) in [5.74, 6) is 1.70. The first-order valence-corrected chi connectivity index (χ1v) is 8.99. The van der Waals surface area contributed by atoms with Gasteiger partial charge in [0, 0.05) is 18.5 Å². The Hall–Kier alpha value is -2.49. The Morgan fingerprint density at radius 3 is 2.56 bits per heavy atom. The van der Waals surface area contributed by atoms with Crippen LogP contribution in [0.4, 0.5) is 0 Å². The molecule has 2 heterocycles. The smallest absolute Gasteiger partial charge is 0.254 e. The van der Waals surface area contributed by atoms with Gasteiger partial charge >= 0.3 is 0 Å². The van der Waals surface area contributed by atoms with Gasteiger partial charge in [-0.1, -0.05) is 23.8 Å². The van der Waals surface area contributed by atoms with Crippen LogP contribution in [0.15, 0.2) is 42.5 Å². The highest BCUT2D eigenvalue weighted by molar-refractivity contribution is 5.94. The number of benzene rings is 2. The fraction of sp³-hybridized carbons (Fsp3) is 0.381. The van der Waals surface area contributed by atoms with E-state index < -0.39 is 0 Å². The van der Waals surface area contributed by atoms with Gasteiger partial charge in [-0.15, -0.1) is 0 Å². The van der Waals surface area contributed by atoms with E-state index in [4.69, 9.17) is 9.47 Å². The van der Waals surface area contributed by atoms with Crippen LogP contribution in [0.3, 0.4) is 0 Å². The fourth-order valence-electron chi connectivity index (χ4n) is 3.61. The molecule has 1 amide bonds. The Bertz CT molecular complexity index is 769. The molecule has 0 unspecified atom stereocenters. The molecule has 0 saturated carbocycles. The molecule has 0 N–H and O–H groups in total. The molecule has 1 saturated heterocycles. The summed E-state index contributed by atoms with van der Waals surface area (Å²) in [6, 6.07) is 14.0. The number of carbonyl (C=O) groups excluding carboxylic acids is 1. The Balaban J connectivity index is 1.60. The van der Waals surface area contributed by atoms with Crippen molar-refractivity contribution >= 4 is 5.91 Å². The molecule has 2 aromatic rings. The second-order valence-electron chi connectivity index (χ2n) is 6.78. The summed E-state index contributed by atoms with van der Waals surface area (Å²) in [5.41, 5.74) is 3.05. The summed E-state index contributed by atoms with van der Waals surface area (Å²) < 4.78 is 11.5. The standard InChI is InChI=1S/C21H23NO3/c1-15-5-7-16(8-6-15)21(23)22-11-2-4-18(22)17-9-10-19-20(14-17)25-13-3-12-24-19/h5-10,14,18H,2-4,11-13H2,1H3/t18-/m0/s1. The van der Waals surface area contributed by atoms with Crippen molar-refractivity contribution in [2.24, 2.45) is 0 Å². The lowest BCUT2D eigenvalue weighted by Crippen LogP contribution is -2.30. The minimum absolute atomic E-state index is 0.103. The van der Waals surface area contributed by atoms with Crippen molar-refractivity contribution in [1.29, 1.82) is 0 Å². The van der Waals surface area contributed by atoms with Gasteiger partial charge in [-0.3, -0.25) is 4.79 Å². The molecule has 1 fully saturated rings. The van der Waals surface area contributed by atoms with E-state index in [9.17, 15) is 4.79 Å².